The number of aliphatic hydroxyl groups is 1. The molecule has 8 heteroatoms. The van der Waals surface area contributed by atoms with E-state index in [2.05, 4.69) is 10.3 Å². The fourth-order valence-electron chi connectivity index (χ4n) is 5.64. The number of hydrogen-bond acceptors (Lipinski definition) is 5. The Morgan fingerprint density at radius 3 is 2.68 bits per heavy atom. The monoisotopic (exact) mass is 426 g/mol. The van der Waals surface area contributed by atoms with Crippen molar-refractivity contribution in [2.45, 2.75) is 69.1 Å². The Hall–Kier alpha value is -2.61. The number of rotatable bonds is 2. The zero-order chi connectivity index (χ0) is 21.5. The molecule has 6 rings (SSSR count). The third kappa shape index (κ3) is 2.67. The van der Waals surface area contributed by atoms with Crippen LogP contribution in [0.25, 0.3) is 11.3 Å². The number of fused-ring (bicyclic) bond motifs is 3. The first-order valence-electron chi connectivity index (χ1n) is 11.0. The molecule has 2 aliphatic heterocycles. The number of carbonyl (C=O) groups is 1. The van der Waals surface area contributed by atoms with E-state index in [4.69, 9.17) is 4.98 Å². The van der Waals surface area contributed by atoms with E-state index in [0.29, 0.717) is 24.2 Å². The first-order valence-corrected chi connectivity index (χ1v) is 11.0. The topological polar surface area (TPSA) is 78.3 Å². The van der Waals surface area contributed by atoms with Crippen LogP contribution in [-0.2, 0) is 29.1 Å². The largest absolute Gasteiger partial charge is 0.389 e. The normalized spacial score (nSPS) is 30.3. The Morgan fingerprint density at radius 1 is 1.16 bits per heavy atom. The fraction of sp³-hybridized carbons (Fsp3) is 0.522. The lowest BCUT2D eigenvalue weighted by atomic mass is 9.89. The summed E-state index contributed by atoms with van der Waals surface area (Å²) in [7, 11) is 0. The van der Waals surface area contributed by atoms with Crippen molar-refractivity contribution in [1.82, 2.24) is 15.3 Å². The van der Waals surface area contributed by atoms with E-state index in [-0.39, 0.29) is 42.0 Å². The number of nitrogens with zero attached hydrogens (tertiary/aromatic N) is 3. The molecule has 0 saturated carbocycles. The van der Waals surface area contributed by atoms with Gasteiger partial charge in [0.05, 0.1) is 23.4 Å². The third-order valence-electron chi connectivity index (χ3n) is 7.59. The van der Waals surface area contributed by atoms with Crippen LogP contribution in [0.2, 0.25) is 0 Å². The number of aliphatic hydroxyl groups excluding tert-OH is 1. The number of β-amino-alcohol motifs (C(OH)–C–C–N with tert-alkyl or cyclic N) is 1. The molecule has 1 aromatic heterocycles. The second kappa shape index (κ2) is 6.22. The van der Waals surface area contributed by atoms with Crippen molar-refractivity contribution in [3.8, 4) is 11.3 Å². The molecule has 31 heavy (non-hydrogen) atoms. The summed E-state index contributed by atoms with van der Waals surface area (Å²) in [5.41, 5.74) is 3.71. The first kappa shape index (κ1) is 19.1. The number of anilines is 1. The van der Waals surface area contributed by atoms with E-state index >= 15 is 0 Å². The van der Waals surface area contributed by atoms with Crippen molar-refractivity contribution in [1.29, 1.82) is 0 Å². The molecule has 1 aromatic carbocycles. The van der Waals surface area contributed by atoms with Gasteiger partial charge in [0.25, 0.3) is 5.92 Å². The summed E-state index contributed by atoms with van der Waals surface area (Å²) in [5.74, 6) is -2.62. The summed E-state index contributed by atoms with van der Waals surface area (Å²) in [5, 5.41) is 13.0. The second-order valence-electron chi connectivity index (χ2n) is 9.37. The van der Waals surface area contributed by atoms with Crippen molar-refractivity contribution in [3.05, 3.63) is 40.6 Å². The van der Waals surface area contributed by atoms with Gasteiger partial charge >= 0.3 is 0 Å². The molecular formula is C23H24F2N4O2. The molecule has 2 fully saturated rings. The molecule has 4 aliphatic rings. The molecule has 1 spiro atoms. The number of carbonyl (C=O) groups excluding carboxylic acids is 1. The maximum Gasteiger partial charge on any atom is 0.290 e. The molecule has 0 bridgehead atoms. The van der Waals surface area contributed by atoms with Crippen LogP contribution in [0.4, 0.5) is 14.7 Å². The number of hydrogen-bond donors (Lipinski definition) is 2. The zero-order valence-corrected chi connectivity index (χ0v) is 17.3. The highest BCUT2D eigenvalue weighted by molar-refractivity contribution is 5.80. The van der Waals surface area contributed by atoms with Crippen molar-refractivity contribution < 1.29 is 18.7 Å². The average Bonchev–Trinajstić information content (AvgIpc) is 3.41. The lowest BCUT2D eigenvalue weighted by Gasteiger charge is -2.43. The van der Waals surface area contributed by atoms with Crippen LogP contribution >= 0.6 is 0 Å². The Bertz CT molecular complexity index is 1120. The number of alkyl halides is 2. The van der Waals surface area contributed by atoms with Gasteiger partial charge in [-0.15, -0.1) is 0 Å². The molecule has 2 aromatic rings. The molecule has 0 radical (unpaired) electrons. The van der Waals surface area contributed by atoms with Gasteiger partial charge in [0.2, 0.25) is 11.9 Å². The minimum absolute atomic E-state index is 0.0864. The number of nitrogens with one attached hydrogen (secondary N) is 1. The summed E-state index contributed by atoms with van der Waals surface area (Å²) >= 11 is 0. The van der Waals surface area contributed by atoms with E-state index in [1.54, 1.807) is 4.90 Å². The number of halogens is 2. The number of amides is 1. The fourth-order valence-corrected chi connectivity index (χ4v) is 5.64. The molecule has 162 valence electrons. The highest BCUT2D eigenvalue weighted by atomic mass is 19.3. The van der Waals surface area contributed by atoms with Crippen LogP contribution in [0.3, 0.4) is 0 Å². The number of aromatic nitrogens is 2. The Morgan fingerprint density at radius 2 is 1.97 bits per heavy atom. The Kier molecular flexibility index (Phi) is 3.83. The van der Waals surface area contributed by atoms with Crippen LogP contribution in [0, 0.1) is 0 Å². The highest BCUT2D eigenvalue weighted by Crippen LogP contribution is 2.47. The summed E-state index contributed by atoms with van der Waals surface area (Å²) in [4.78, 5) is 22.6. The van der Waals surface area contributed by atoms with Gasteiger partial charge in [0.1, 0.15) is 5.69 Å². The van der Waals surface area contributed by atoms with Crippen LogP contribution in [0.1, 0.15) is 55.0 Å². The van der Waals surface area contributed by atoms with Crippen molar-refractivity contribution in [3.63, 3.8) is 0 Å². The summed E-state index contributed by atoms with van der Waals surface area (Å²) in [6.07, 6.45) is 2.53. The van der Waals surface area contributed by atoms with Crippen LogP contribution < -0.4 is 10.2 Å². The average molecular weight is 426 g/mol. The zero-order valence-electron chi connectivity index (χ0n) is 17.3. The smallest absolute Gasteiger partial charge is 0.290 e. The highest BCUT2D eigenvalue weighted by Gasteiger charge is 2.46. The maximum absolute atomic E-state index is 14.6. The van der Waals surface area contributed by atoms with Crippen LogP contribution in [0.5, 0.6) is 0 Å². The van der Waals surface area contributed by atoms with Gasteiger partial charge in [-0.05, 0) is 49.8 Å². The van der Waals surface area contributed by atoms with E-state index in [1.807, 2.05) is 25.1 Å². The standard InChI is InChI=1S/C23H24F2N4O2/c1-12-17(30)11-29(12)21-26-19(15-5-9-23(24,25)20(15)27-21)14-2-3-16-13(10-14)4-7-22(16)8-6-18(31)28-22/h2-3,10,12,17,30H,4-9,11H2,1H3,(H,28,31)/t12-,17+,22+/m0/s1. The minimum atomic E-state index is -2.97. The maximum atomic E-state index is 14.6. The minimum Gasteiger partial charge on any atom is -0.389 e. The molecule has 2 N–H and O–H groups in total. The van der Waals surface area contributed by atoms with Gasteiger partial charge in [-0.2, -0.15) is 8.78 Å². The first-order chi connectivity index (χ1) is 14.8. The molecular weight excluding hydrogens is 402 g/mol. The van der Waals surface area contributed by atoms with Crippen molar-refractivity contribution in [2.24, 2.45) is 0 Å². The molecule has 3 atom stereocenters. The van der Waals surface area contributed by atoms with Crippen molar-refractivity contribution >= 4 is 11.9 Å². The second-order valence-corrected chi connectivity index (χ2v) is 9.37. The van der Waals surface area contributed by atoms with Crippen LogP contribution in [0.15, 0.2) is 18.2 Å². The van der Waals surface area contributed by atoms with Gasteiger partial charge in [-0.1, -0.05) is 12.1 Å². The van der Waals surface area contributed by atoms with Gasteiger partial charge < -0.3 is 15.3 Å². The van der Waals surface area contributed by atoms with E-state index in [0.717, 1.165) is 36.0 Å². The summed E-state index contributed by atoms with van der Waals surface area (Å²) < 4.78 is 29.3. The predicted molar refractivity (Wildman–Crippen MR) is 110 cm³/mol. The number of benzene rings is 1. The van der Waals surface area contributed by atoms with Crippen LogP contribution in [-0.4, -0.2) is 39.7 Å². The molecule has 0 unspecified atom stereocenters. The Labute approximate surface area is 178 Å². The lowest BCUT2D eigenvalue weighted by molar-refractivity contribution is -0.119. The van der Waals surface area contributed by atoms with Gasteiger partial charge in [-0.25, -0.2) is 9.97 Å². The molecule has 3 heterocycles. The van der Waals surface area contributed by atoms with Gasteiger partial charge in [0, 0.05) is 30.5 Å². The predicted octanol–water partition coefficient (Wildman–Crippen LogP) is 2.80. The molecule has 2 aliphatic carbocycles. The third-order valence-corrected chi connectivity index (χ3v) is 7.59. The quantitative estimate of drug-likeness (QED) is 0.772. The SMILES string of the molecule is C[C@H]1[C@H](O)CN1c1nc(-c2ccc3c(c2)CC[C@@]32CCC(=O)N2)c2c(n1)C(F)(F)CC2. The van der Waals surface area contributed by atoms with Gasteiger partial charge in [0.15, 0.2) is 0 Å². The van der Waals surface area contributed by atoms with E-state index in [9.17, 15) is 18.7 Å². The summed E-state index contributed by atoms with van der Waals surface area (Å²) in [6.45, 7) is 2.19. The van der Waals surface area contributed by atoms with E-state index in [1.165, 1.54) is 0 Å². The summed E-state index contributed by atoms with van der Waals surface area (Å²) in [6, 6.07) is 5.81. The number of aryl methyl sites for hydroxylation is 1. The van der Waals surface area contributed by atoms with E-state index < -0.39 is 12.0 Å². The Balaban J connectivity index is 1.45. The molecule has 2 saturated heterocycles. The molecule has 6 nitrogen and oxygen atoms in total. The molecule has 1 amide bonds. The van der Waals surface area contributed by atoms with Crippen molar-refractivity contribution in [2.75, 3.05) is 11.4 Å². The lowest BCUT2D eigenvalue weighted by Crippen LogP contribution is -2.59. The van der Waals surface area contributed by atoms with Gasteiger partial charge in [-0.3, -0.25) is 4.79 Å².